The molecule has 6 heteroatoms. The summed E-state index contributed by atoms with van der Waals surface area (Å²) in [5, 5.41) is 7.42. The maximum Gasteiger partial charge on any atom is 0.259 e. The second-order valence-corrected chi connectivity index (χ2v) is 7.52. The van der Waals surface area contributed by atoms with Crippen LogP contribution in [0.1, 0.15) is 39.5 Å². The van der Waals surface area contributed by atoms with Gasteiger partial charge in [-0.05, 0) is 62.8 Å². The summed E-state index contributed by atoms with van der Waals surface area (Å²) in [6.07, 6.45) is 5.42. The van der Waals surface area contributed by atoms with Crippen LogP contribution in [0.5, 0.6) is 0 Å². The highest BCUT2D eigenvalue weighted by atomic mass is 16.2. The summed E-state index contributed by atoms with van der Waals surface area (Å²) in [5.74, 6) is 0.323. The van der Waals surface area contributed by atoms with E-state index in [0.717, 1.165) is 54.0 Å². The van der Waals surface area contributed by atoms with E-state index in [1.54, 1.807) is 4.90 Å². The normalized spacial score (nSPS) is 20.9. The number of carbonyl (C=O) groups is 2. The summed E-state index contributed by atoms with van der Waals surface area (Å²) in [7, 11) is 0. The van der Waals surface area contributed by atoms with Gasteiger partial charge in [-0.3, -0.25) is 9.59 Å². The molecule has 0 spiro atoms. The van der Waals surface area contributed by atoms with Crippen molar-refractivity contribution in [2.75, 3.05) is 23.3 Å². The molecule has 1 aliphatic carbocycles. The predicted octanol–water partition coefficient (Wildman–Crippen LogP) is 3.63. The number of nitrogens with zero attached hydrogens (tertiary/aromatic N) is 2. The molecule has 0 bridgehead atoms. The molecule has 1 heterocycles. The van der Waals surface area contributed by atoms with Crippen molar-refractivity contribution < 1.29 is 9.59 Å². The summed E-state index contributed by atoms with van der Waals surface area (Å²) >= 11 is 0. The van der Waals surface area contributed by atoms with Crippen LogP contribution >= 0.6 is 0 Å². The minimum atomic E-state index is -0.208. The van der Waals surface area contributed by atoms with Crippen LogP contribution in [-0.2, 0) is 9.59 Å². The second-order valence-electron chi connectivity index (χ2n) is 7.52. The first-order valence-corrected chi connectivity index (χ1v) is 9.76. The number of hydrogen-bond donors (Lipinski definition) is 2. The summed E-state index contributed by atoms with van der Waals surface area (Å²) in [6.45, 7) is 8.94. The van der Waals surface area contributed by atoms with Gasteiger partial charge in [0.05, 0.1) is 12.3 Å². The lowest BCUT2D eigenvalue weighted by molar-refractivity contribution is -0.119. The smallest absolute Gasteiger partial charge is 0.259 e. The summed E-state index contributed by atoms with van der Waals surface area (Å²) in [4.78, 5) is 25.9. The highest BCUT2D eigenvalue weighted by Gasteiger charge is 2.22. The lowest BCUT2D eigenvalue weighted by atomic mass is 9.85. The zero-order valence-electron chi connectivity index (χ0n) is 16.6. The van der Waals surface area contributed by atoms with Gasteiger partial charge in [0.2, 0.25) is 5.91 Å². The number of nitrogens with one attached hydrogen (secondary N) is 2. The van der Waals surface area contributed by atoms with Crippen LogP contribution in [0.4, 0.5) is 11.4 Å². The highest BCUT2D eigenvalue weighted by Crippen LogP contribution is 2.26. The van der Waals surface area contributed by atoms with Crippen molar-refractivity contribution in [3.8, 4) is 0 Å². The van der Waals surface area contributed by atoms with Crippen molar-refractivity contribution in [1.29, 1.82) is 0 Å². The van der Waals surface area contributed by atoms with Crippen LogP contribution in [-0.4, -0.2) is 30.6 Å². The molecule has 1 fully saturated rings. The van der Waals surface area contributed by atoms with Crippen LogP contribution in [0.2, 0.25) is 0 Å². The molecule has 1 saturated heterocycles. The van der Waals surface area contributed by atoms with Gasteiger partial charge in [-0.15, -0.1) is 0 Å². The Kier molecular flexibility index (Phi) is 6.29. The Bertz CT molecular complexity index is 841. The maximum atomic E-state index is 12.2. The Labute approximate surface area is 166 Å². The third kappa shape index (κ3) is 4.88. The SMILES string of the molecule is C=C(C)C1CC=C(C)/C(=N/NC(=O)CNc2cccc(N3CCCC3=O)c2)C1. The van der Waals surface area contributed by atoms with Crippen molar-refractivity contribution in [2.24, 2.45) is 11.0 Å². The standard InChI is InChI=1S/C22H28N4O2/c1-15(2)17-10-9-16(3)20(12-17)24-25-21(27)14-23-18-6-4-7-19(13-18)26-11-5-8-22(26)28/h4,6-7,9,13,17,23H,1,5,8,10-12,14H2,2-3H3,(H,25,27)/b24-20+. The lowest BCUT2D eigenvalue weighted by Gasteiger charge is -2.22. The van der Waals surface area contributed by atoms with Crippen molar-refractivity contribution in [3.05, 3.63) is 48.1 Å². The van der Waals surface area contributed by atoms with Gasteiger partial charge in [0.15, 0.2) is 0 Å². The van der Waals surface area contributed by atoms with E-state index in [2.05, 4.69) is 28.5 Å². The van der Waals surface area contributed by atoms with Gasteiger partial charge >= 0.3 is 0 Å². The van der Waals surface area contributed by atoms with E-state index >= 15 is 0 Å². The zero-order valence-corrected chi connectivity index (χ0v) is 16.6. The van der Waals surface area contributed by atoms with Crippen molar-refractivity contribution in [2.45, 2.75) is 39.5 Å². The molecule has 3 rings (SSSR count). The molecule has 2 N–H and O–H groups in total. The molecule has 2 aliphatic rings. The zero-order chi connectivity index (χ0) is 20.1. The molecule has 1 aromatic carbocycles. The van der Waals surface area contributed by atoms with Crippen LogP contribution in [0, 0.1) is 5.92 Å². The number of benzene rings is 1. The first kappa shape index (κ1) is 19.9. The van der Waals surface area contributed by atoms with E-state index in [4.69, 9.17) is 0 Å². The van der Waals surface area contributed by atoms with Crippen LogP contribution in [0.25, 0.3) is 0 Å². The van der Waals surface area contributed by atoms with E-state index in [9.17, 15) is 9.59 Å². The minimum Gasteiger partial charge on any atom is -0.376 e. The van der Waals surface area contributed by atoms with Crippen LogP contribution < -0.4 is 15.6 Å². The Morgan fingerprint density at radius 3 is 2.93 bits per heavy atom. The van der Waals surface area contributed by atoms with Crippen molar-refractivity contribution >= 4 is 28.9 Å². The number of rotatable bonds is 6. The largest absolute Gasteiger partial charge is 0.376 e. The molecule has 1 unspecified atom stereocenters. The van der Waals surface area contributed by atoms with Gasteiger partial charge in [0.25, 0.3) is 5.91 Å². The number of carbonyl (C=O) groups excluding carboxylic acids is 2. The highest BCUT2D eigenvalue weighted by molar-refractivity contribution is 6.01. The van der Waals surface area contributed by atoms with Crippen molar-refractivity contribution in [1.82, 2.24) is 5.43 Å². The Balaban J connectivity index is 1.54. The van der Waals surface area contributed by atoms with Crippen LogP contribution in [0.3, 0.4) is 0 Å². The van der Waals surface area contributed by atoms with E-state index < -0.39 is 0 Å². The molecule has 1 aromatic rings. The van der Waals surface area contributed by atoms with Gasteiger partial charge in [-0.25, -0.2) is 5.43 Å². The maximum absolute atomic E-state index is 12.2. The number of amides is 2. The Hall–Kier alpha value is -2.89. The van der Waals surface area contributed by atoms with E-state index in [1.807, 2.05) is 38.1 Å². The number of anilines is 2. The van der Waals surface area contributed by atoms with Gasteiger partial charge in [0.1, 0.15) is 0 Å². The summed E-state index contributed by atoms with van der Waals surface area (Å²) in [5.41, 5.74) is 7.46. The molecule has 0 radical (unpaired) electrons. The van der Waals surface area contributed by atoms with Gasteiger partial charge in [-0.2, -0.15) is 5.10 Å². The number of hydrogen-bond acceptors (Lipinski definition) is 4. The lowest BCUT2D eigenvalue weighted by Crippen LogP contribution is -2.28. The molecular formula is C22H28N4O2. The summed E-state index contributed by atoms with van der Waals surface area (Å²) < 4.78 is 0. The fourth-order valence-electron chi connectivity index (χ4n) is 3.48. The first-order chi connectivity index (χ1) is 13.4. The fraction of sp³-hybridized carbons (Fsp3) is 0.409. The summed E-state index contributed by atoms with van der Waals surface area (Å²) in [6, 6.07) is 7.58. The van der Waals surface area contributed by atoms with Gasteiger partial charge < -0.3 is 10.2 Å². The molecule has 0 aromatic heterocycles. The molecule has 6 nitrogen and oxygen atoms in total. The predicted molar refractivity (Wildman–Crippen MR) is 113 cm³/mol. The first-order valence-electron chi connectivity index (χ1n) is 9.76. The Morgan fingerprint density at radius 1 is 1.39 bits per heavy atom. The number of allylic oxidation sites excluding steroid dienone is 3. The molecule has 2 amide bonds. The van der Waals surface area contributed by atoms with Gasteiger partial charge in [-0.1, -0.05) is 24.3 Å². The Morgan fingerprint density at radius 2 is 2.21 bits per heavy atom. The van der Waals surface area contributed by atoms with E-state index in [-0.39, 0.29) is 18.4 Å². The second kappa shape index (κ2) is 8.87. The third-order valence-corrected chi connectivity index (χ3v) is 5.30. The molecule has 148 valence electrons. The van der Waals surface area contributed by atoms with Crippen LogP contribution in [0.15, 0.2) is 53.2 Å². The third-order valence-electron chi connectivity index (χ3n) is 5.30. The average molecular weight is 380 g/mol. The fourth-order valence-corrected chi connectivity index (χ4v) is 3.48. The molecule has 0 saturated carbocycles. The molecular weight excluding hydrogens is 352 g/mol. The average Bonchev–Trinajstić information content (AvgIpc) is 3.11. The van der Waals surface area contributed by atoms with Crippen molar-refractivity contribution in [3.63, 3.8) is 0 Å². The monoisotopic (exact) mass is 380 g/mol. The molecule has 1 atom stereocenters. The molecule has 1 aliphatic heterocycles. The quantitative estimate of drug-likeness (QED) is 0.585. The van der Waals surface area contributed by atoms with E-state index in [1.165, 1.54) is 0 Å². The number of hydrazone groups is 1. The van der Waals surface area contributed by atoms with E-state index in [0.29, 0.717) is 12.3 Å². The molecule has 28 heavy (non-hydrogen) atoms. The van der Waals surface area contributed by atoms with Gasteiger partial charge in [0, 0.05) is 24.3 Å². The topological polar surface area (TPSA) is 73.8 Å². The minimum absolute atomic E-state index is 0.112.